The van der Waals surface area contributed by atoms with E-state index >= 15 is 0 Å². The molecule has 1 nitrogen and oxygen atoms in total. The molecule has 1 heterocycles. The van der Waals surface area contributed by atoms with Crippen molar-refractivity contribution in [2.45, 2.75) is 82.1 Å². The summed E-state index contributed by atoms with van der Waals surface area (Å²) in [6.07, 6.45) is 9.96. The molecule has 2 heteroatoms. The van der Waals surface area contributed by atoms with Gasteiger partial charge in [0.05, 0.1) is 11.7 Å². The Labute approximate surface area is 213 Å². The summed E-state index contributed by atoms with van der Waals surface area (Å²) >= 11 is 0. The maximum atomic E-state index is 7.22. The third kappa shape index (κ3) is 4.84. The molecule has 3 aromatic rings. The van der Waals surface area contributed by atoms with E-state index in [1.54, 1.807) is 0 Å². The summed E-state index contributed by atoms with van der Waals surface area (Å²) in [5, 5.41) is 3.16. The molecule has 1 aliphatic heterocycles. The Balaban J connectivity index is 1.64. The zero-order valence-corrected chi connectivity index (χ0v) is 22.7. The van der Waals surface area contributed by atoms with E-state index in [0.717, 1.165) is 12.5 Å². The molecule has 2 aliphatic rings. The largest absolute Gasteiger partial charge is 0.368 e. The van der Waals surface area contributed by atoms with Crippen LogP contribution in [0, 0.1) is 0 Å². The molecule has 0 N–H and O–H groups in total. The number of hydrogen-bond acceptors (Lipinski definition) is 1. The summed E-state index contributed by atoms with van der Waals surface area (Å²) < 4.78 is 7.22. The number of benzene rings is 3. The number of rotatable bonds is 5. The minimum absolute atomic E-state index is 0.00571. The Kier molecular flexibility index (Phi) is 6.88. The molecule has 0 amide bonds. The van der Waals surface area contributed by atoms with Crippen molar-refractivity contribution in [1.29, 1.82) is 0 Å². The second kappa shape index (κ2) is 9.91. The molecule has 1 atom stereocenters. The second-order valence-corrected chi connectivity index (χ2v) is 16.6. The van der Waals surface area contributed by atoms with Crippen molar-refractivity contribution >= 4 is 24.0 Å². The van der Waals surface area contributed by atoms with Crippen LogP contribution in [-0.2, 0) is 4.74 Å². The van der Waals surface area contributed by atoms with Gasteiger partial charge in [0.2, 0.25) is 0 Å². The molecule has 1 spiro atoms. The van der Waals surface area contributed by atoms with Gasteiger partial charge in [0, 0.05) is 6.42 Å². The molecule has 1 fully saturated rings. The summed E-state index contributed by atoms with van der Waals surface area (Å²) in [7, 11) is -2.22. The third-order valence-corrected chi connectivity index (χ3v) is 14.7. The van der Waals surface area contributed by atoms with Crippen molar-refractivity contribution in [3.8, 4) is 0 Å². The first kappa shape index (κ1) is 24.3. The number of hydrogen-bond donors (Lipinski definition) is 0. The van der Waals surface area contributed by atoms with Gasteiger partial charge >= 0.3 is 0 Å². The van der Waals surface area contributed by atoms with Crippen LogP contribution in [0.25, 0.3) is 5.57 Å². The van der Waals surface area contributed by atoms with E-state index in [2.05, 4.69) is 118 Å². The van der Waals surface area contributed by atoms with Crippen molar-refractivity contribution in [3.05, 3.63) is 103 Å². The van der Waals surface area contributed by atoms with E-state index in [0.29, 0.717) is 0 Å². The zero-order valence-electron chi connectivity index (χ0n) is 21.7. The van der Waals surface area contributed by atoms with E-state index in [-0.39, 0.29) is 16.7 Å². The monoisotopic (exact) mass is 480 g/mol. The van der Waals surface area contributed by atoms with E-state index < -0.39 is 8.07 Å². The van der Waals surface area contributed by atoms with Crippen molar-refractivity contribution in [2.75, 3.05) is 0 Å². The van der Waals surface area contributed by atoms with Crippen LogP contribution in [-0.4, -0.2) is 19.8 Å². The highest BCUT2D eigenvalue weighted by Gasteiger charge is 2.50. The minimum Gasteiger partial charge on any atom is -0.368 e. The van der Waals surface area contributed by atoms with Gasteiger partial charge in [-0.05, 0) is 35.1 Å². The lowest BCUT2D eigenvalue weighted by atomic mass is 9.77. The number of ether oxygens (including phenoxy) is 1. The zero-order chi connectivity index (χ0) is 24.4. The SMILES string of the molecule is CC(C)(C)[Si](CC1C=C(c2ccccc2)CC2(CCCCC2)O1)(c1ccccc1)c1ccccc1. The molecule has 1 saturated carbocycles. The van der Waals surface area contributed by atoms with Crippen LogP contribution in [0.4, 0.5) is 0 Å². The molecule has 1 unspecified atom stereocenters. The lowest BCUT2D eigenvalue weighted by molar-refractivity contribution is -0.0942. The highest BCUT2D eigenvalue weighted by Crippen LogP contribution is 2.47. The van der Waals surface area contributed by atoms with Crippen LogP contribution >= 0.6 is 0 Å². The van der Waals surface area contributed by atoms with Gasteiger partial charge in [0.15, 0.2) is 0 Å². The van der Waals surface area contributed by atoms with E-state index in [1.807, 2.05) is 0 Å². The molecule has 0 bridgehead atoms. The lowest BCUT2D eigenvalue weighted by Crippen LogP contribution is -2.66. The standard InChI is InChI=1S/C33H40OSi/c1-32(2,3)35(30-18-10-5-11-19-30,31-20-12-6-13-21-31)26-29-24-28(27-16-8-4-9-17-27)25-33(34-29)22-14-7-15-23-33/h4-6,8-13,16-21,24,29H,7,14-15,22-23,25-26H2,1-3H3. The van der Waals surface area contributed by atoms with Gasteiger partial charge in [-0.25, -0.2) is 0 Å². The Hall–Kier alpha value is -2.42. The maximum absolute atomic E-state index is 7.22. The second-order valence-electron chi connectivity index (χ2n) is 11.7. The van der Waals surface area contributed by atoms with Crippen molar-refractivity contribution < 1.29 is 4.74 Å². The van der Waals surface area contributed by atoms with Crippen molar-refractivity contribution in [3.63, 3.8) is 0 Å². The predicted molar refractivity (Wildman–Crippen MR) is 152 cm³/mol. The molecule has 0 aromatic heterocycles. The average molecular weight is 481 g/mol. The molecule has 5 rings (SSSR count). The molecule has 35 heavy (non-hydrogen) atoms. The van der Waals surface area contributed by atoms with Crippen LogP contribution in [0.5, 0.6) is 0 Å². The summed E-state index contributed by atoms with van der Waals surface area (Å²) in [6, 6.07) is 34.8. The predicted octanol–water partition coefficient (Wildman–Crippen LogP) is 7.63. The summed E-state index contributed by atoms with van der Waals surface area (Å²) in [5.41, 5.74) is 2.85. The fourth-order valence-corrected chi connectivity index (χ4v) is 12.3. The summed E-state index contributed by atoms with van der Waals surface area (Å²) in [4.78, 5) is 0. The molecule has 1 aliphatic carbocycles. The van der Waals surface area contributed by atoms with E-state index in [4.69, 9.17) is 4.74 Å². The topological polar surface area (TPSA) is 9.23 Å². The van der Waals surface area contributed by atoms with Gasteiger partial charge in [-0.1, -0.05) is 147 Å². The van der Waals surface area contributed by atoms with Gasteiger partial charge < -0.3 is 4.74 Å². The van der Waals surface area contributed by atoms with Crippen LogP contribution < -0.4 is 10.4 Å². The fraction of sp³-hybridized carbons (Fsp3) is 0.394. The first-order valence-corrected chi connectivity index (χ1v) is 15.7. The van der Waals surface area contributed by atoms with Crippen molar-refractivity contribution in [2.24, 2.45) is 0 Å². The normalized spacial score (nSPS) is 20.4. The summed E-state index contributed by atoms with van der Waals surface area (Å²) in [6.45, 7) is 7.38. The highest BCUT2D eigenvalue weighted by molar-refractivity contribution is 7.04. The van der Waals surface area contributed by atoms with Gasteiger partial charge in [-0.15, -0.1) is 0 Å². The van der Waals surface area contributed by atoms with Crippen LogP contribution in [0.3, 0.4) is 0 Å². The molecule has 0 saturated heterocycles. The Bertz CT molecular complexity index is 1080. The van der Waals surface area contributed by atoms with Crippen LogP contribution in [0.2, 0.25) is 11.1 Å². The lowest BCUT2D eigenvalue weighted by Gasteiger charge is -2.49. The molecule has 3 aromatic carbocycles. The highest BCUT2D eigenvalue weighted by atomic mass is 28.3. The third-order valence-electron chi connectivity index (χ3n) is 8.53. The van der Waals surface area contributed by atoms with Crippen LogP contribution in [0.1, 0.15) is 64.9 Å². The Morgan fingerprint density at radius 2 is 1.26 bits per heavy atom. The minimum atomic E-state index is -2.22. The summed E-state index contributed by atoms with van der Waals surface area (Å²) in [5.74, 6) is 0. The van der Waals surface area contributed by atoms with E-state index in [1.165, 1.54) is 53.6 Å². The van der Waals surface area contributed by atoms with Crippen LogP contribution in [0.15, 0.2) is 97.1 Å². The van der Waals surface area contributed by atoms with Gasteiger partial charge in [-0.2, -0.15) is 0 Å². The molecular formula is C33H40OSi. The van der Waals surface area contributed by atoms with E-state index in [9.17, 15) is 0 Å². The smallest absolute Gasteiger partial charge is 0.126 e. The van der Waals surface area contributed by atoms with Gasteiger partial charge in [0.1, 0.15) is 8.07 Å². The van der Waals surface area contributed by atoms with Gasteiger partial charge in [0.25, 0.3) is 0 Å². The first-order valence-electron chi connectivity index (χ1n) is 13.5. The maximum Gasteiger partial charge on any atom is 0.126 e. The molecular weight excluding hydrogens is 440 g/mol. The van der Waals surface area contributed by atoms with Crippen molar-refractivity contribution in [1.82, 2.24) is 0 Å². The quantitative estimate of drug-likeness (QED) is 0.341. The Morgan fingerprint density at radius 1 is 0.743 bits per heavy atom. The van der Waals surface area contributed by atoms with Gasteiger partial charge in [-0.3, -0.25) is 0 Å². The molecule has 182 valence electrons. The molecule has 0 radical (unpaired) electrons. The average Bonchev–Trinajstić information content (AvgIpc) is 2.88. The Morgan fingerprint density at radius 3 is 1.77 bits per heavy atom. The first-order chi connectivity index (χ1) is 16.9. The fourth-order valence-electron chi connectivity index (χ4n) is 6.79.